The maximum atomic E-state index is 5.57. The summed E-state index contributed by atoms with van der Waals surface area (Å²) in [5, 5.41) is 0. The Morgan fingerprint density at radius 2 is 2.06 bits per heavy atom. The molecule has 0 N–H and O–H groups in total. The van der Waals surface area contributed by atoms with Gasteiger partial charge in [-0.05, 0) is 12.0 Å². The molecule has 2 heterocycles. The van der Waals surface area contributed by atoms with Crippen molar-refractivity contribution in [3.63, 3.8) is 0 Å². The van der Waals surface area contributed by atoms with E-state index in [1.807, 2.05) is 18.2 Å². The minimum Gasteiger partial charge on any atom is -0.474 e. The minimum absolute atomic E-state index is 0.171. The number of aromatic nitrogens is 2. The first kappa shape index (κ1) is 10.9. The summed E-state index contributed by atoms with van der Waals surface area (Å²) in [5.41, 5.74) is 1.98. The molecule has 0 bridgehead atoms. The molecule has 18 heavy (non-hydrogen) atoms. The smallest absolute Gasteiger partial charge is 0.237 e. The number of hydrogen-bond donors (Lipinski definition) is 0. The van der Waals surface area contributed by atoms with Crippen molar-refractivity contribution in [2.45, 2.75) is 12.5 Å². The Labute approximate surface area is 105 Å². The fourth-order valence-electron chi connectivity index (χ4n) is 1.96. The zero-order valence-electron chi connectivity index (χ0n) is 9.86. The van der Waals surface area contributed by atoms with Gasteiger partial charge in [0.25, 0.3) is 0 Å². The number of rotatable bonds is 3. The predicted molar refractivity (Wildman–Crippen MR) is 68.5 cm³/mol. The van der Waals surface area contributed by atoms with Crippen LogP contribution in [0.1, 0.15) is 11.3 Å². The van der Waals surface area contributed by atoms with Crippen molar-refractivity contribution in [2.75, 3.05) is 6.61 Å². The van der Waals surface area contributed by atoms with Crippen molar-refractivity contribution >= 4 is 5.90 Å². The molecule has 1 aromatic heterocycles. The zero-order valence-corrected chi connectivity index (χ0v) is 9.86. The van der Waals surface area contributed by atoms with E-state index in [0.29, 0.717) is 18.2 Å². The molecule has 0 spiro atoms. The third kappa shape index (κ3) is 2.37. The van der Waals surface area contributed by atoms with Crippen molar-refractivity contribution < 1.29 is 4.74 Å². The number of benzene rings is 1. The average molecular weight is 239 g/mol. The van der Waals surface area contributed by atoms with E-state index in [0.717, 1.165) is 6.42 Å². The number of aliphatic imine (C=N–C) groups is 1. The van der Waals surface area contributed by atoms with Gasteiger partial charge < -0.3 is 4.74 Å². The van der Waals surface area contributed by atoms with Crippen LogP contribution in [-0.2, 0) is 11.2 Å². The van der Waals surface area contributed by atoms with Crippen LogP contribution in [0.15, 0.2) is 53.9 Å². The second-order valence-electron chi connectivity index (χ2n) is 4.18. The maximum absolute atomic E-state index is 5.57. The third-order valence-electron chi connectivity index (χ3n) is 2.81. The van der Waals surface area contributed by atoms with Crippen LogP contribution in [0.25, 0.3) is 0 Å². The molecular formula is C14H13N3O. The molecule has 1 aliphatic heterocycles. The molecule has 4 heteroatoms. The molecule has 0 saturated carbocycles. The van der Waals surface area contributed by atoms with Crippen molar-refractivity contribution in [1.82, 2.24) is 9.97 Å². The van der Waals surface area contributed by atoms with E-state index in [4.69, 9.17) is 4.74 Å². The van der Waals surface area contributed by atoms with Gasteiger partial charge in [0.1, 0.15) is 12.3 Å². The van der Waals surface area contributed by atoms with E-state index in [1.165, 1.54) is 5.56 Å². The molecule has 1 atom stereocenters. The highest BCUT2D eigenvalue weighted by atomic mass is 16.5. The van der Waals surface area contributed by atoms with Crippen LogP contribution in [0, 0.1) is 0 Å². The monoisotopic (exact) mass is 239 g/mol. The maximum Gasteiger partial charge on any atom is 0.237 e. The Morgan fingerprint density at radius 1 is 1.17 bits per heavy atom. The fraction of sp³-hybridized carbons (Fsp3) is 0.214. The van der Waals surface area contributed by atoms with Gasteiger partial charge in [-0.25, -0.2) is 9.98 Å². The average Bonchev–Trinajstić information content (AvgIpc) is 2.89. The van der Waals surface area contributed by atoms with Crippen molar-refractivity contribution in [3.8, 4) is 0 Å². The van der Waals surface area contributed by atoms with Crippen LogP contribution in [0.2, 0.25) is 0 Å². The topological polar surface area (TPSA) is 47.4 Å². The Morgan fingerprint density at radius 3 is 2.83 bits per heavy atom. The first-order chi connectivity index (χ1) is 8.92. The molecule has 0 amide bonds. The minimum atomic E-state index is 0.171. The highest BCUT2D eigenvalue weighted by Gasteiger charge is 2.21. The van der Waals surface area contributed by atoms with Crippen LogP contribution >= 0.6 is 0 Å². The molecule has 3 rings (SSSR count). The molecule has 0 fully saturated rings. The summed E-state index contributed by atoms with van der Waals surface area (Å²) in [4.78, 5) is 12.7. The zero-order chi connectivity index (χ0) is 12.2. The summed E-state index contributed by atoms with van der Waals surface area (Å²) >= 11 is 0. The highest BCUT2D eigenvalue weighted by molar-refractivity contribution is 5.92. The fourth-order valence-corrected chi connectivity index (χ4v) is 1.96. The Kier molecular flexibility index (Phi) is 3.00. The van der Waals surface area contributed by atoms with Gasteiger partial charge in [0.2, 0.25) is 5.90 Å². The first-order valence-corrected chi connectivity index (χ1v) is 5.93. The number of ether oxygens (including phenoxy) is 1. The standard InChI is InChI=1S/C14H13N3O/c1-2-4-11(5-3-1)8-12-10-18-14(17-12)13-9-15-6-7-16-13/h1-7,9,12H,8,10H2. The lowest BCUT2D eigenvalue weighted by atomic mass is 10.1. The van der Waals surface area contributed by atoms with Gasteiger partial charge in [0.15, 0.2) is 0 Å². The van der Waals surface area contributed by atoms with Gasteiger partial charge in [-0.15, -0.1) is 0 Å². The summed E-state index contributed by atoms with van der Waals surface area (Å²) in [6, 6.07) is 10.5. The quantitative estimate of drug-likeness (QED) is 0.821. The highest BCUT2D eigenvalue weighted by Crippen LogP contribution is 2.14. The lowest BCUT2D eigenvalue weighted by molar-refractivity contribution is 0.316. The van der Waals surface area contributed by atoms with Crippen LogP contribution in [0.4, 0.5) is 0 Å². The lowest BCUT2D eigenvalue weighted by Gasteiger charge is -2.03. The lowest BCUT2D eigenvalue weighted by Crippen LogP contribution is -2.09. The first-order valence-electron chi connectivity index (χ1n) is 5.93. The van der Waals surface area contributed by atoms with Gasteiger partial charge in [-0.2, -0.15) is 0 Å². The summed E-state index contributed by atoms with van der Waals surface area (Å²) < 4.78 is 5.57. The molecule has 1 aromatic carbocycles. The largest absolute Gasteiger partial charge is 0.474 e. The SMILES string of the molecule is c1ccc(CC2COC(c3cnccn3)=N2)cc1. The van der Waals surface area contributed by atoms with Crippen LogP contribution in [0.5, 0.6) is 0 Å². The molecule has 2 aromatic rings. The molecule has 90 valence electrons. The van der Waals surface area contributed by atoms with Crippen molar-refractivity contribution in [1.29, 1.82) is 0 Å². The molecule has 0 radical (unpaired) electrons. The number of nitrogens with zero attached hydrogens (tertiary/aromatic N) is 3. The van der Waals surface area contributed by atoms with E-state index < -0.39 is 0 Å². The normalized spacial score (nSPS) is 18.2. The summed E-state index contributed by atoms with van der Waals surface area (Å²) in [5.74, 6) is 0.601. The van der Waals surface area contributed by atoms with E-state index in [2.05, 4.69) is 27.1 Å². The molecule has 1 unspecified atom stereocenters. The molecular weight excluding hydrogens is 226 g/mol. The van der Waals surface area contributed by atoms with E-state index in [-0.39, 0.29) is 6.04 Å². The van der Waals surface area contributed by atoms with Gasteiger partial charge in [0, 0.05) is 12.4 Å². The van der Waals surface area contributed by atoms with Crippen molar-refractivity contribution in [2.24, 2.45) is 4.99 Å². The van der Waals surface area contributed by atoms with Crippen LogP contribution < -0.4 is 0 Å². The van der Waals surface area contributed by atoms with Crippen LogP contribution in [0.3, 0.4) is 0 Å². The van der Waals surface area contributed by atoms with Crippen molar-refractivity contribution in [3.05, 3.63) is 60.2 Å². The summed E-state index contributed by atoms with van der Waals surface area (Å²) in [6.45, 7) is 0.612. The Hall–Kier alpha value is -2.23. The van der Waals surface area contributed by atoms with E-state index in [9.17, 15) is 0 Å². The van der Waals surface area contributed by atoms with Gasteiger partial charge >= 0.3 is 0 Å². The summed E-state index contributed by atoms with van der Waals surface area (Å²) in [6.07, 6.45) is 5.85. The summed E-state index contributed by atoms with van der Waals surface area (Å²) in [7, 11) is 0. The van der Waals surface area contributed by atoms with Gasteiger partial charge in [-0.1, -0.05) is 30.3 Å². The Balaban J connectivity index is 1.73. The van der Waals surface area contributed by atoms with Crippen LogP contribution in [-0.4, -0.2) is 28.5 Å². The predicted octanol–water partition coefficient (Wildman–Crippen LogP) is 1.86. The second-order valence-corrected chi connectivity index (χ2v) is 4.18. The number of hydrogen-bond acceptors (Lipinski definition) is 4. The van der Waals surface area contributed by atoms with E-state index in [1.54, 1.807) is 18.6 Å². The van der Waals surface area contributed by atoms with Gasteiger partial charge in [0.05, 0.1) is 12.2 Å². The molecule has 0 saturated heterocycles. The molecule has 4 nitrogen and oxygen atoms in total. The second kappa shape index (κ2) is 4.96. The van der Waals surface area contributed by atoms with E-state index >= 15 is 0 Å². The molecule has 0 aliphatic carbocycles. The van der Waals surface area contributed by atoms with Gasteiger partial charge in [-0.3, -0.25) is 4.98 Å². The third-order valence-corrected chi connectivity index (χ3v) is 2.81. The Bertz CT molecular complexity index is 539. The molecule has 1 aliphatic rings.